The van der Waals surface area contributed by atoms with Gasteiger partial charge in [-0.15, -0.1) is 0 Å². The van der Waals surface area contributed by atoms with Crippen LogP contribution in [0.4, 0.5) is 5.69 Å². The molecule has 1 heterocycles. The van der Waals surface area contributed by atoms with Gasteiger partial charge in [0, 0.05) is 16.1 Å². The maximum absolute atomic E-state index is 5.95. The van der Waals surface area contributed by atoms with Gasteiger partial charge in [0.2, 0.25) is 0 Å². The van der Waals surface area contributed by atoms with Gasteiger partial charge in [0.1, 0.15) is 0 Å². The van der Waals surface area contributed by atoms with Crippen molar-refractivity contribution in [2.45, 2.75) is 6.54 Å². The molecule has 0 aliphatic heterocycles. The number of hydrogen-bond donors (Lipinski definition) is 1. The van der Waals surface area contributed by atoms with E-state index >= 15 is 0 Å². The number of nitrogens with zero attached hydrogens (tertiary/aromatic N) is 1. The van der Waals surface area contributed by atoms with Crippen molar-refractivity contribution in [3.63, 3.8) is 0 Å². The normalized spacial score (nSPS) is 10.6. The van der Waals surface area contributed by atoms with E-state index < -0.39 is 0 Å². The van der Waals surface area contributed by atoms with E-state index in [-0.39, 0.29) is 0 Å². The molecule has 0 fully saturated rings. The summed E-state index contributed by atoms with van der Waals surface area (Å²) in [6, 6.07) is 19.9. The molecule has 3 rings (SSSR count). The van der Waals surface area contributed by atoms with Crippen molar-refractivity contribution in [2.75, 3.05) is 5.32 Å². The number of anilines is 1. The van der Waals surface area contributed by atoms with Gasteiger partial charge in [-0.2, -0.15) is 0 Å². The molecule has 0 atom stereocenters. The summed E-state index contributed by atoms with van der Waals surface area (Å²) in [5, 5.41) is 5.21. The average molecular weight is 269 g/mol. The first-order valence-corrected chi connectivity index (χ1v) is 6.53. The molecule has 0 saturated heterocycles. The first kappa shape index (κ1) is 12.0. The molecule has 19 heavy (non-hydrogen) atoms. The highest BCUT2D eigenvalue weighted by atomic mass is 35.5. The standard InChI is InChI=1S/C16H13ClN2/c17-13-5-3-6-14(10-13)18-11-15-9-8-12-4-1-2-7-16(12)19-15/h1-10,18H,11H2. The van der Waals surface area contributed by atoms with Crippen LogP contribution in [0.2, 0.25) is 5.02 Å². The van der Waals surface area contributed by atoms with Crippen LogP contribution in [0.15, 0.2) is 60.7 Å². The Morgan fingerprint density at radius 2 is 1.84 bits per heavy atom. The number of para-hydroxylation sites is 1. The summed E-state index contributed by atoms with van der Waals surface area (Å²) in [4.78, 5) is 4.62. The predicted octanol–water partition coefficient (Wildman–Crippen LogP) is 4.50. The topological polar surface area (TPSA) is 24.9 Å². The Morgan fingerprint density at radius 3 is 2.74 bits per heavy atom. The third-order valence-corrected chi connectivity index (χ3v) is 3.19. The largest absolute Gasteiger partial charge is 0.379 e. The summed E-state index contributed by atoms with van der Waals surface area (Å²) >= 11 is 5.95. The van der Waals surface area contributed by atoms with Crippen LogP contribution < -0.4 is 5.32 Å². The van der Waals surface area contributed by atoms with Gasteiger partial charge in [0.15, 0.2) is 0 Å². The fraction of sp³-hybridized carbons (Fsp3) is 0.0625. The molecule has 94 valence electrons. The second-order valence-corrected chi connectivity index (χ2v) is 4.80. The van der Waals surface area contributed by atoms with E-state index in [1.165, 1.54) is 0 Å². The number of pyridine rings is 1. The fourth-order valence-corrected chi connectivity index (χ4v) is 2.19. The van der Waals surface area contributed by atoms with E-state index in [4.69, 9.17) is 11.6 Å². The first-order chi connectivity index (χ1) is 9.31. The third-order valence-electron chi connectivity index (χ3n) is 2.95. The minimum atomic E-state index is 0.686. The van der Waals surface area contributed by atoms with Crippen LogP contribution >= 0.6 is 11.6 Å². The summed E-state index contributed by atoms with van der Waals surface area (Å²) in [7, 11) is 0. The zero-order valence-electron chi connectivity index (χ0n) is 10.3. The second-order valence-electron chi connectivity index (χ2n) is 4.36. The molecule has 2 nitrogen and oxygen atoms in total. The molecule has 3 heteroatoms. The van der Waals surface area contributed by atoms with Gasteiger partial charge in [0.25, 0.3) is 0 Å². The van der Waals surface area contributed by atoms with Crippen molar-refractivity contribution in [2.24, 2.45) is 0 Å². The summed E-state index contributed by atoms with van der Waals surface area (Å²) in [5.74, 6) is 0. The zero-order chi connectivity index (χ0) is 13.1. The Kier molecular flexibility index (Phi) is 3.34. The van der Waals surface area contributed by atoms with Crippen molar-refractivity contribution >= 4 is 28.2 Å². The minimum absolute atomic E-state index is 0.686. The van der Waals surface area contributed by atoms with E-state index in [1.807, 2.05) is 48.5 Å². The van der Waals surface area contributed by atoms with Crippen molar-refractivity contribution in [1.82, 2.24) is 4.98 Å². The molecular weight excluding hydrogens is 256 g/mol. The van der Waals surface area contributed by atoms with Crippen molar-refractivity contribution in [3.05, 3.63) is 71.4 Å². The maximum Gasteiger partial charge on any atom is 0.0706 e. The number of halogens is 1. The SMILES string of the molecule is Clc1cccc(NCc2ccc3ccccc3n2)c1. The summed E-state index contributed by atoms with van der Waals surface area (Å²) < 4.78 is 0. The Bertz CT molecular complexity index is 710. The van der Waals surface area contributed by atoms with Crippen LogP contribution in [0.3, 0.4) is 0 Å². The fourth-order valence-electron chi connectivity index (χ4n) is 2.00. The summed E-state index contributed by atoms with van der Waals surface area (Å²) in [6.45, 7) is 0.686. The van der Waals surface area contributed by atoms with Crippen molar-refractivity contribution < 1.29 is 0 Å². The zero-order valence-corrected chi connectivity index (χ0v) is 11.1. The number of fused-ring (bicyclic) bond motifs is 1. The molecule has 0 aliphatic carbocycles. The van der Waals surface area contributed by atoms with Gasteiger partial charge < -0.3 is 5.32 Å². The number of nitrogens with one attached hydrogen (secondary N) is 1. The second kappa shape index (κ2) is 5.29. The lowest BCUT2D eigenvalue weighted by Gasteiger charge is -2.07. The molecule has 0 spiro atoms. The molecule has 1 aromatic heterocycles. The van der Waals surface area contributed by atoms with E-state index in [9.17, 15) is 0 Å². The van der Waals surface area contributed by atoms with E-state index in [0.717, 1.165) is 27.3 Å². The van der Waals surface area contributed by atoms with Crippen molar-refractivity contribution in [3.8, 4) is 0 Å². The molecule has 3 aromatic rings. The van der Waals surface area contributed by atoms with Gasteiger partial charge >= 0.3 is 0 Å². The molecule has 0 radical (unpaired) electrons. The quantitative estimate of drug-likeness (QED) is 0.756. The van der Waals surface area contributed by atoms with E-state index in [0.29, 0.717) is 6.54 Å². The third kappa shape index (κ3) is 2.85. The van der Waals surface area contributed by atoms with Crippen LogP contribution in [0, 0.1) is 0 Å². The van der Waals surface area contributed by atoms with Crippen LogP contribution in [0.5, 0.6) is 0 Å². The van der Waals surface area contributed by atoms with Gasteiger partial charge in [-0.25, -0.2) is 0 Å². The van der Waals surface area contributed by atoms with Crippen LogP contribution in [-0.4, -0.2) is 4.98 Å². The molecule has 2 aromatic carbocycles. The maximum atomic E-state index is 5.95. The van der Waals surface area contributed by atoms with E-state index in [2.05, 4.69) is 22.4 Å². The lowest BCUT2D eigenvalue weighted by atomic mass is 10.2. The highest BCUT2D eigenvalue weighted by Crippen LogP contribution is 2.16. The van der Waals surface area contributed by atoms with Crippen molar-refractivity contribution in [1.29, 1.82) is 0 Å². The minimum Gasteiger partial charge on any atom is -0.379 e. The molecule has 1 N–H and O–H groups in total. The average Bonchev–Trinajstić information content (AvgIpc) is 2.45. The lowest BCUT2D eigenvalue weighted by molar-refractivity contribution is 1.07. The molecule has 0 amide bonds. The van der Waals surface area contributed by atoms with Crippen LogP contribution in [0.25, 0.3) is 10.9 Å². The molecule has 0 saturated carbocycles. The molecule has 0 aliphatic rings. The number of benzene rings is 2. The highest BCUT2D eigenvalue weighted by molar-refractivity contribution is 6.30. The van der Waals surface area contributed by atoms with E-state index in [1.54, 1.807) is 0 Å². The van der Waals surface area contributed by atoms with Gasteiger partial charge in [0.05, 0.1) is 17.8 Å². The Labute approximate surface area is 117 Å². The first-order valence-electron chi connectivity index (χ1n) is 6.15. The predicted molar refractivity (Wildman–Crippen MR) is 80.5 cm³/mol. The Morgan fingerprint density at radius 1 is 0.947 bits per heavy atom. The molecule has 0 unspecified atom stereocenters. The van der Waals surface area contributed by atoms with Crippen LogP contribution in [-0.2, 0) is 6.54 Å². The van der Waals surface area contributed by atoms with Gasteiger partial charge in [-0.05, 0) is 30.3 Å². The number of hydrogen-bond acceptors (Lipinski definition) is 2. The molecule has 0 bridgehead atoms. The monoisotopic (exact) mass is 268 g/mol. The molecular formula is C16H13ClN2. The summed E-state index contributed by atoms with van der Waals surface area (Å²) in [6.07, 6.45) is 0. The van der Waals surface area contributed by atoms with Crippen LogP contribution in [0.1, 0.15) is 5.69 Å². The lowest BCUT2D eigenvalue weighted by Crippen LogP contribution is -2.01. The number of rotatable bonds is 3. The van der Waals surface area contributed by atoms with Gasteiger partial charge in [-0.3, -0.25) is 4.98 Å². The highest BCUT2D eigenvalue weighted by Gasteiger charge is 1.98. The summed E-state index contributed by atoms with van der Waals surface area (Å²) in [5.41, 5.74) is 3.04. The number of aromatic nitrogens is 1. The Balaban J connectivity index is 1.78. The Hall–Kier alpha value is -2.06. The smallest absolute Gasteiger partial charge is 0.0706 e. The van der Waals surface area contributed by atoms with Gasteiger partial charge in [-0.1, -0.05) is 41.9 Å².